The van der Waals surface area contributed by atoms with E-state index in [9.17, 15) is 9.59 Å². The minimum absolute atomic E-state index is 0.0250. The summed E-state index contributed by atoms with van der Waals surface area (Å²) >= 11 is 1.86. The Hall–Kier alpha value is -1.69. The minimum Gasteiger partial charge on any atom is -0.481 e. The molecule has 114 valence electrons. The number of rotatable bonds is 4. The lowest BCUT2D eigenvalue weighted by Crippen LogP contribution is -2.49. The highest BCUT2D eigenvalue weighted by atomic mass is 32.2. The Morgan fingerprint density at radius 1 is 1.38 bits per heavy atom. The van der Waals surface area contributed by atoms with Crippen LogP contribution >= 0.6 is 11.8 Å². The van der Waals surface area contributed by atoms with Crippen molar-refractivity contribution in [2.75, 3.05) is 18.1 Å². The topological polar surface area (TPSA) is 69.6 Å². The van der Waals surface area contributed by atoms with Gasteiger partial charge in [0.1, 0.15) is 0 Å². The van der Waals surface area contributed by atoms with Gasteiger partial charge < -0.3 is 15.3 Å². The van der Waals surface area contributed by atoms with E-state index in [0.717, 1.165) is 29.2 Å². The molecule has 1 aliphatic heterocycles. The van der Waals surface area contributed by atoms with Gasteiger partial charge in [0.2, 0.25) is 0 Å². The second-order valence-corrected chi connectivity index (χ2v) is 6.27. The van der Waals surface area contributed by atoms with Crippen LogP contribution in [0.4, 0.5) is 4.79 Å². The number of carbonyl (C=O) groups is 2. The zero-order valence-corrected chi connectivity index (χ0v) is 12.9. The van der Waals surface area contributed by atoms with Crippen LogP contribution in [-0.4, -0.2) is 46.1 Å². The molecule has 1 fully saturated rings. The largest absolute Gasteiger partial charge is 0.481 e. The number of thioether (sulfide) groups is 1. The molecule has 1 aromatic rings. The van der Waals surface area contributed by atoms with Crippen molar-refractivity contribution >= 4 is 23.8 Å². The highest BCUT2D eigenvalue weighted by Crippen LogP contribution is 2.16. The molecule has 0 saturated carbocycles. The van der Waals surface area contributed by atoms with Crippen LogP contribution in [0.15, 0.2) is 24.3 Å². The van der Waals surface area contributed by atoms with Crippen molar-refractivity contribution in [3.05, 3.63) is 35.4 Å². The van der Waals surface area contributed by atoms with Crippen molar-refractivity contribution in [3.8, 4) is 0 Å². The molecule has 0 bridgehead atoms. The lowest BCUT2D eigenvalue weighted by atomic mass is 10.0. The summed E-state index contributed by atoms with van der Waals surface area (Å²) in [5, 5.41) is 11.8. The Morgan fingerprint density at radius 3 is 2.76 bits per heavy atom. The molecule has 2 N–H and O–H groups in total. The fraction of sp³-hybridized carbons (Fsp3) is 0.467. The van der Waals surface area contributed by atoms with E-state index < -0.39 is 5.97 Å². The first-order valence-corrected chi connectivity index (χ1v) is 8.14. The first kappa shape index (κ1) is 15.7. The molecule has 1 saturated heterocycles. The van der Waals surface area contributed by atoms with Gasteiger partial charge in [0.15, 0.2) is 0 Å². The van der Waals surface area contributed by atoms with Gasteiger partial charge in [-0.25, -0.2) is 4.79 Å². The fourth-order valence-corrected chi connectivity index (χ4v) is 3.38. The predicted octanol–water partition coefficient (Wildman–Crippen LogP) is 1.96. The average molecular weight is 308 g/mol. The number of amides is 2. The Kier molecular flexibility index (Phi) is 5.50. The van der Waals surface area contributed by atoms with Crippen LogP contribution in [0.25, 0.3) is 0 Å². The minimum atomic E-state index is -0.865. The highest BCUT2D eigenvalue weighted by Gasteiger charge is 2.23. The van der Waals surface area contributed by atoms with E-state index in [1.807, 2.05) is 41.8 Å². The van der Waals surface area contributed by atoms with Crippen molar-refractivity contribution in [2.24, 2.45) is 0 Å². The molecule has 1 heterocycles. The van der Waals surface area contributed by atoms with Crippen molar-refractivity contribution in [1.29, 1.82) is 0 Å². The van der Waals surface area contributed by atoms with Gasteiger partial charge in [-0.2, -0.15) is 11.8 Å². The van der Waals surface area contributed by atoms with E-state index >= 15 is 0 Å². The molecular weight excluding hydrogens is 288 g/mol. The van der Waals surface area contributed by atoms with Gasteiger partial charge in [0, 0.05) is 30.6 Å². The van der Waals surface area contributed by atoms with E-state index in [2.05, 4.69) is 5.32 Å². The van der Waals surface area contributed by atoms with Crippen molar-refractivity contribution in [1.82, 2.24) is 10.2 Å². The second-order valence-electron chi connectivity index (χ2n) is 5.12. The Morgan fingerprint density at radius 2 is 2.10 bits per heavy atom. The summed E-state index contributed by atoms with van der Waals surface area (Å²) in [6.45, 7) is 3.16. The third-order valence-corrected chi connectivity index (χ3v) is 4.71. The summed E-state index contributed by atoms with van der Waals surface area (Å²) in [6, 6.07) is 7.47. The summed E-state index contributed by atoms with van der Waals surface area (Å²) in [5.74, 6) is 1.06. The van der Waals surface area contributed by atoms with Crippen LogP contribution in [0.3, 0.4) is 0 Å². The maximum atomic E-state index is 12.2. The number of carboxylic acid groups (broad SMARTS) is 1. The number of hydrogen-bond acceptors (Lipinski definition) is 3. The maximum absolute atomic E-state index is 12.2. The van der Waals surface area contributed by atoms with E-state index in [0.29, 0.717) is 6.54 Å². The zero-order chi connectivity index (χ0) is 15.2. The fourth-order valence-electron chi connectivity index (χ4n) is 2.37. The normalized spacial score (nSPS) is 18.3. The first-order chi connectivity index (χ1) is 10.1. The van der Waals surface area contributed by atoms with Crippen LogP contribution in [0.2, 0.25) is 0 Å². The molecule has 1 unspecified atom stereocenters. The summed E-state index contributed by atoms with van der Waals surface area (Å²) in [6.07, 6.45) is -0.0250. The molecule has 0 aromatic heterocycles. The smallest absolute Gasteiger partial charge is 0.317 e. The number of benzene rings is 1. The molecule has 0 aliphatic carbocycles. The summed E-state index contributed by atoms with van der Waals surface area (Å²) in [4.78, 5) is 24.9. The standard InChI is InChI=1S/C15H20N2O3S/c1-11-10-21-7-6-17(11)15(20)16-9-13-5-3-2-4-12(13)8-14(18)19/h2-5,11H,6-10H2,1H3,(H,16,20)(H,18,19). The molecule has 2 amide bonds. The first-order valence-electron chi connectivity index (χ1n) is 6.98. The summed E-state index contributed by atoms with van der Waals surface area (Å²) in [7, 11) is 0. The quantitative estimate of drug-likeness (QED) is 0.892. The number of carbonyl (C=O) groups excluding carboxylic acids is 1. The summed E-state index contributed by atoms with van der Waals surface area (Å²) in [5.41, 5.74) is 1.60. The number of aliphatic carboxylic acids is 1. The van der Waals surface area contributed by atoms with Crippen molar-refractivity contribution in [2.45, 2.75) is 25.9 Å². The Labute approximate surface area is 128 Å². The third kappa shape index (κ3) is 4.39. The third-order valence-electron chi connectivity index (χ3n) is 3.52. The molecule has 1 atom stereocenters. The molecule has 1 aromatic carbocycles. The zero-order valence-electron chi connectivity index (χ0n) is 12.0. The van der Waals surface area contributed by atoms with Gasteiger partial charge in [-0.3, -0.25) is 4.79 Å². The Bertz CT molecular complexity index is 521. The molecule has 0 radical (unpaired) electrons. The molecule has 0 spiro atoms. The lowest BCUT2D eigenvalue weighted by molar-refractivity contribution is -0.136. The second kappa shape index (κ2) is 7.36. The van der Waals surface area contributed by atoms with E-state index in [4.69, 9.17) is 5.11 Å². The lowest BCUT2D eigenvalue weighted by Gasteiger charge is -2.33. The van der Waals surface area contributed by atoms with Gasteiger partial charge in [-0.15, -0.1) is 0 Å². The molecule has 1 aliphatic rings. The highest BCUT2D eigenvalue weighted by molar-refractivity contribution is 7.99. The number of hydrogen-bond donors (Lipinski definition) is 2. The molecule has 21 heavy (non-hydrogen) atoms. The van der Waals surface area contributed by atoms with Gasteiger partial charge in [-0.1, -0.05) is 24.3 Å². The van der Waals surface area contributed by atoms with Crippen LogP contribution in [-0.2, 0) is 17.8 Å². The number of urea groups is 1. The van der Waals surface area contributed by atoms with E-state index in [-0.39, 0.29) is 18.5 Å². The van der Waals surface area contributed by atoms with Gasteiger partial charge in [0.25, 0.3) is 0 Å². The molecule has 5 nitrogen and oxygen atoms in total. The monoisotopic (exact) mass is 308 g/mol. The van der Waals surface area contributed by atoms with E-state index in [1.54, 1.807) is 6.07 Å². The van der Waals surface area contributed by atoms with Crippen LogP contribution in [0, 0.1) is 0 Å². The molecular formula is C15H20N2O3S. The average Bonchev–Trinajstić information content (AvgIpc) is 2.46. The van der Waals surface area contributed by atoms with Gasteiger partial charge >= 0.3 is 12.0 Å². The van der Waals surface area contributed by atoms with Crippen LogP contribution in [0.1, 0.15) is 18.1 Å². The van der Waals surface area contributed by atoms with Crippen LogP contribution in [0.5, 0.6) is 0 Å². The van der Waals surface area contributed by atoms with E-state index in [1.165, 1.54) is 0 Å². The predicted molar refractivity (Wildman–Crippen MR) is 83.5 cm³/mol. The number of nitrogens with one attached hydrogen (secondary N) is 1. The SMILES string of the molecule is CC1CSCCN1C(=O)NCc1ccccc1CC(=O)O. The number of carboxylic acids is 1. The van der Waals surface area contributed by atoms with Gasteiger partial charge in [-0.05, 0) is 18.1 Å². The Balaban J connectivity index is 1.96. The van der Waals surface area contributed by atoms with Gasteiger partial charge in [0.05, 0.1) is 6.42 Å². The summed E-state index contributed by atoms with van der Waals surface area (Å²) < 4.78 is 0. The number of nitrogens with zero attached hydrogens (tertiary/aromatic N) is 1. The maximum Gasteiger partial charge on any atom is 0.317 e. The van der Waals surface area contributed by atoms with Crippen molar-refractivity contribution < 1.29 is 14.7 Å². The van der Waals surface area contributed by atoms with Crippen molar-refractivity contribution in [3.63, 3.8) is 0 Å². The molecule has 6 heteroatoms. The molecule has 2 rings (SSSR count). The van der Waals surface area contributed by atoms with Crippen LogP contribution < -0.4 is 5.32 Å².